The number of anilines is 2. The Bertz CT molecular complexity index is 870. The number of carbonyl (C=O) groups is 1. The Labute approximate surface area is 144 Å². The van der Waals surface area contributed by atoms with Gasteiger partial charge < -0.3 is 10.2 Å². The fourth-order valence-corrected chi connectivity index (χ4v) is 3.53. The highest BCUT2D eigenvalue weighted by Gasteiger charge is 2.30. The Morgan fingerprint density at radius 1 is 1.25 bits per heavy atom. The summed E-state index contributed by atoms with van der Waals surface area (Å²) in [6, 6.07) is 10.6. The lowest BCUT2D eigenvalue weighted by Crippen LogP contribution is -2.30. The summed E-state index contributed by atoms with van der Waals surface area (Å²) in [5.74, 6) is 0.970. The van der Waals surface area contributed by atoms with Crippen LogP contribution in [0.15, 0.2) is 42.0 Å². The normalized spacial score (nSPS) is 13.9. The molecular formula is C18H18N4OS. The van der Waals surface area contributed by atoms with E-state index in [-0.39, 0.29) is 5.91 Å². The van der Waals surface area contributed by atoms with Gasteiger partial charge in [-0.1, -0.05) is 12.1 Å². The van der Waals surface area contributed by atoms with Gasteiger partial charge in [0, 0.05) is 25.2 Å². The minimum atomic E-state index is 0.153. The molecule has 0 radical (unpaired) electrons. The number of fused-ring (bicyclic) bond motifs is 1. The number of nitrogens with zero attached hydrogens (tertiary/aromatic N) is 3. The first-order chi connectivity index (χ1) is 11.7. The van der Waals surface area contributed by atoms with Crippen LogP contribution in [0.25, 0.3) is 10.2 Å². The van der Waals surface area contributed by atoms with Crippen molar-refractivity contribution in [1.82, 2.24) is 14.9 Å². The topological polar surface area (TPSA) is 58.1 Å². The molecule has 6 heteroatoms. The van der Waals surface area contributed by atoms with Crippen LogP contribution in [-0.2, 0) is 11.3 Å². The van der Waals surface area contributed by atoms with Crippen molar-refractivity contribution in [3.05, 3.63) is 47.6 Å². The third-order valence-electron chi connectivity index (χ3n) is 4.22. The second-order valence-corrected chi connectivity index (χ2v) is 6.96. The number of hydrogen-bond donors (Lipinski definition) is 1. The zero-order valence-electron chi connectivity index (χ0n) is 13.4. The van der Waals surface area contributed by atoms with Crippen LogP contribution < -0.4 is 5.32 Å². The average molecular weight is 338 g/mol. The van der Waals surface area contributed by atoms with E-state index in [0.717, 1.165) is 40.1 Å². The van der Waals surface area contributed by atoms with Gasteiger partial charge in [0.05, 0.1) is 5.39 Å². The highest BCUT2D eigenvalue weighted by atomic mass is 32.1. The fraction of sp³-hybridized carbons (Fsp3) is 0.278. The zero-order valence-corrected chi connectivity index (χ0v) is 14.2. The molecule has 24 heavy (non-hydrogen) atoms. The summed E-state index contributed by atoms with van der Waals surface area (Å²) in [5.41, 5.74) is 2.12. The summed E-state index contributed by atoms with van der Waals surface area (Å²) in [6.45, 7) is 2.33. The Morgan fingerprint density at radius 3 is 2.75 bits per heavy atom. The summed E-state index contributed by atoms with van der Waals surface area (Å²) in [5, 5.41) is 6.39. The molecule has 1 fully saturated rings. The quantitative estimate of drug-likeness (QED) is 0.765. The maximum Gasteiger partial charge on any atom is 0.219 e. The van der Waals surface area contributed by atoms with Crippen molar-refractivity contribution in [3.63, 3.8) is 0 Å². The molecule has 1 aliphatic rings. The van der Waals surface area contributed by atoms with E-state index in [1.165, 1.54) is 0 Å². The first-order valence-corrected chi connectivity index (χ1v) is 8.90. The lowest BCUT2D eigenvalue weighted by molar-refractivity contribution is -0.130. The molecule has 1 aromatic carbocycles. The number of amides is 1. The molecule has 0 unspecified atom stereocenters. The van der Waals surface area contributed by atoms with E-state index in [1.54, 1.807) is 24.6 Å². The van der Waals surface area contributed by atoms with E-state index in [1.807, 2.05) is 28.5 Å². The third-order valence-corrected chi connectivity index (χ3v) is 5.04. The largest absolute Gasteiger partial charge is 0.340 e. The maximum absolute atomic E-state index is 11.7. The Morgan fingerprint density at radius 2 is 2.04 bits per heavy atom. The predicted octanol–water partition coefficient (Wildman–Crippen LogP) is 3.95. The molecule has 0 bridgehead atoms. The lowest BCUT2D eigenvalue weighted by Gasteiger charge is -2.20. The van der Waals surface area contributed by atoms with Gasteiger partial charge in [0.15, 0.2) is 0 Å². The van der Waals surface area contributed by atoms with Gasteiger partial charge in [-0.25, -0.2) is 9.97 Å². The van der Waals surface area contributed by atoms with Crippen molar-refractivity contribution in [2.75, 3.05) is 5.32 Å². The predicted molar refractivity (Wildman–Crippen MR) is 96.4 cm³/mol. The summed E-state index contributed by atoms with van der Waals surface area (Å²) in [6.07, 6.45) is 3.84. The molecule has 0 spiro atoms. The SMILES string of the molecule is CC(=O)N(Cc1ccc(Nc2ncnc3sccc23)cc1)C1CC1. The van der Waals surface area contributed by atoms with E-state index >= 15 is 0 Å². The third kappa shape index (κ3) is 3.10. The Balaban J connectivity index is 1.49. The molecule has 1 saturated carbocycles. The summed E-state index contributed by atoms with van der Waals surface area (Å²) >= 11 is 1.60. The zero-order chi connectivity index (χ0) is 16.5. The molecule has 2 aromatic heterocycles. The number of carbonyl (C=O) groups excluding carboxylic acids is 1. The molecule has 122 valence electrons. The molecule has 2 heterocycles. The van der Waals surface area contributed by atoms with Crippen LogP contribution in [0, 0.1) is 0 Å². The van der Waals surface area contributed by atoms with Crippen LogP contribution in [0.1, 0.15) is 25.3 Å². The molecule has 3 aromatic rings. The second kappa shape index (κ2) is 6.20. The monoisotopic (exact) mass is 338 g/mol. The first kappa shape index (κ1) is 15.1. The number of rotatable bonds is 5. The molecule has 0 saturated heterocycles. The van der Waals surface area contributed by atoms with Gasteiger partial charge in [0.2, 0.25) is 5.91 Å². The van der Waals surface area contributed by atoms with Crippen LogP contribution in [-0.4, -0.2) is 26.8 Å². The molecule has 5 nitrogen and oxygen atoms in total. The van der Waals surface area contributed by atoms with Crippen LogP contribution in [0.3, 0.4) is 0 Å². The van der Waals surface area contributed by atoms with Crippen molar-refractivity contribution in [3.8, 4) is 0 Å². The molecule has 1 N–H and O–H groups in total. The van der Waals surface area contributed by atoms with Crippen molar-refractivity contribution < 1.29 is 4.79 Å². The molecular weight excluding hydrogens is 320 g/mol. The van der Waals surface area contributed by atoms with Gasteiger partial charge in [-0.15, -0.1) is 11.3 Å². The molecule has 0 aliphatic heterocycles. The highest BCUT2D eigenvalue weighted by molar-refractivity contribution is 7.16. The Hall–Kier alpha value is -2.47. The van der Waals surface area contributed by atoms with Crippen LogP contribution in [0.5, 0.6) is 0 Å². The number of hydrogen-bond acceptors (Lipinski definition) is 5. The van der Waals surface area contributed by atoms with Gasteiger partial charge in [-0.2, -0.15) is 0 Å². The summed E-state index contributed by atoms with van der Waals surface area (Å²) in [4.78, 5) is 23.3. The standard InChI is InChI=1S/C18H18N4OS/c1-12(23)22(15-6-7-15)10-13-2-4-14(5-3-13)21-17-16-8-9-24-18(16)20-11-19-17/h2-5,8-9,11,15H,6-7,10H2,1H3,(H,19,20,21). The van der Waals surface area contributed by atoms with Gasteiger partial charge >= 0.3 is 0 Å². The second-order valence-electron chi connectivity index (χ2n) is 6.06. The smallest absolute Gasteiger partial charge is 0.219 e. The van der Waals surface area contributed by atoms with Gasteiger partial charge in [-0.3, -0.25) is 4.79 Å². The minimum Gasteiger partial charge on any atom is -0.340 e. The van der Waals surface area contributed by atoms with Gasteiger partial charge in [0.1, 0.15) is 17.0 Å². The maximum atomic E-state index is 11.7. The minimum absolute atomic E-state index is 0.153. The fourth-order valence-electron chi connectivity index (χ4n) is 2.80. The van der Waals surface area contributed by atoms with E-state index in [4.69, 9.17) is 0 Å². The Kier molecular flexibility index (Phi) is 3.90. The highest BCUT2D eigenvalue weighted by Crippen LogP contribution is 2.29. The number of aromatic nitrogens is 2. The van der Waals surface area contributed by atoms with E-state index < -0.39 is 0 Å². The molecule has 1 amide bonds. The molecule has 1 aliphatic carbocycles. The number of thiophene rings is 1. The summed E-state index contributed by atoms with van der Waals surface area (Å²) < 4.78 is 0. The van der Waals surface area contributed by atoms with Gasteiger partial charge in [0.25, 0.3) is 0 Å². The number of benzene rings is 1. The van der Waals surface area contributed by atoms with Crippen molar-refractivity contribution >= 4 is 39.0 Å². The molecule has 4 rings (SSSR count). The lowest BCUT2D eigenvalue weighted by atomic mass is 10.2. The van der Waals surface area contributed by atoms with Crippen molar-refractivity contribution in [2.24, 2.45) is 0 Å². The first-order valence-electron chi connectivity index (χ1n) is 8.02. The van der Waals surface area contributed by atoms with Crippen molar-refractivity contribution in [1.29, 1.82) is 0 Å². The number of nitrogens with one attached hydrogen (secondary N) is 1. The average Bonchev–Trinajstić information content (AvgIpc) is 3.30. The van der Waals surface area contributed by atoms with E-state index in [9.17, 15) is 4.79 Å². The van der Waals surface area contributed by atoms with E-state index in [0.29, 0.717) is 12.6 Å². The van der Waals surface area contributed by atoms with E-state index in [2.05, 4.69) is 27.4 Å². The molecule has 0 atom stereocenters. The van der Waals surface area contributed by atoms with Crippen LogP contribution >= 0.6 is 11.3 Å². The van der Waals surface area contributed by atoms with Gasteiger partial charge in [-0.05, 0) is 42.0 Å². The summed E-state index contributed by atoms with van der Waals surface area (Å²) in [7, 11) is 0. The van der Waals surface area contributed by atoms with Crippen molar-refractivity contribution in [2.45, 2.75) is 32.4 Å². The van der Waals surface area contributed by atoms with Crippen LogP contribution in [0.2, 0.25) is 0 Å². The van der Waals surface area contributed by atoms with Crippen LogP contribution in [0.4, 0.5) is 11.5 Å².